The largest absolute Gasteiger partial charge is 0.466 e. The summed E-state index contributed by atoms with van der Waals surface area (Å²) in [4.78, 5) is 27.6. The van der Waals surface area contributed by atoms with Gasteiger partial charge in [-0.3, -0.25) is 9.69 Å². The number of amides is 2. The van der Waals surface area contributed by atoms with E-state index in [9.17, 15) is 9.59 Å². The maximum Gasteiger partial charge on any atom is 0.324 e. The minimum absolute atomic E-state index is 0.0250. The standard InChI is InChI=1S/C22H34N2O3/c1-3-5-6-7-8-9-10-19-11-13-20(14-12-19)24-18-17-23(22(24)26)16-15-21(25)27-4-2/h11-14H,3-10,15-18H2,1-2H3. The average molecular weight is 375 g/mol. The molecule has 27 heavy (non-hydrogen) atoms. The molecule has 5 heteroatoms. The SMILES string of the molecule is CCCCCCCCc1ccc(N2CCN(CCC(=O)OCC)C2=O)cc1. The van der Waals surface area contributed by atoms with E-state index in [0.29, 0.717) is 26.2 Å². The third-order valence-electron chi connectivity index (χ3n) is 5.05. The van der Waals surface area contributed by atoms with Crippen molar-refractivity contribution in [1.82, 2.24) is 4.90 Å². The summed E-state index contributed by atoms with van der Waals surface area (Å²) in [5.74, 6) is -0.247. The monoisotopic (exact) mass is 374 g/mol. The molecule has 0 spiro atoms. The highest BCUT2D eigenvalue weighted by Gasteiger charge is 2.29. The van der Waals surface area contributed by atoms with E-state index in [2.05, 4.69) is 19.1 Å². The molecular weight excluding hydrogens is 340 g/mol. The maximum absolute atomic E-state index is 12.6. The number of hydrogen-bond acceptors (Lipinski definition) is 3. The molecule has 1 saturated heterocycles. The van der Waals surface area contributed by atoms with E-state index in [1.807, 2.05) is 12.1 Å². The summed E-state index contributed by atoms with van der Waals surface area (Å²) in [6.45, 7) is 6.15. The molecule has 1 fully saturated rings. The summed E-state index contributed by atoms with van der Waals surface area (Å²) in [7, 11) is 0. The van der Waals surface area contributed by atoms with Gasteiger partial charge in [0.1, 0.15) is 0 Å². The van der Waals surface area contributed by atoms with Crippen LogP contribution in [0.1, 0.15) is 64.4 Å². The quantitative estimate of drug-likeness (QED) is 0.391. The van der Waals surface area contributed by atoms with Gasteiger partial charge in [-0.15, -0.1) is 0 Å². The number of esters is 1. The van der Waals surface area contributed by atoms with Crippen LogP contribution in [0, 0.1) is 0 Å². The highest BCUT2D eigenvalue weighted by atomic mass is 16.5. The second-order valence-corrected chi connectivity index (χ2v) is 7.16. The minimum atomic E-state index is -0.247. The molecule has 0 N–H and O–H groups in total. The lowest BCUT2D eigenvalue weighted by molar-refractivity contribution is -0.143. The molecule has 1 heterocycles. The van der Waals surface area contributed by atoms with Crippen LogP contribution in [0.5, 0.6) is 0 Å². The lowest BCUT2D eigenvalue weighted by Gasteiger charge is -2.18. The fourth-order valence-corrected chi connectivity index (χ4v) is 3.44. The number of carbonyl (C=O) groups is 2. The molecule has 0 unspecified atom stereocenters. The first-order chi connectivity index (χ1) is 13.2. The van der Waals surface area contributed by atoms with Gasteiger partial charge < -0.3 is 9.64 Å². The maximum atomic E-state index is 12.6. The zero-order valence-corrected chi connectivity index (χ0v) is 16.9. The lowest BCUT2D eigenvalue weighted by Crippen LogP contribution is -2.33. The van der Waals surface area contributed by atoms with Gasteiger partial charge in [0.15, 0.2) is 0 Å². The number of anilines is 1. The predicted octanol–water partition coefficient (Wildman–Crippen LogP) is 4.78. The number of rotatable bonds is 12. The van der Waals surface area contributed by atoms with Gasteiger partial charge in [-0.1, -0.05) is 51.2 Å². The van der Waals surface area contributed by atoms with E-state index < -0.39 is 0 Å². The Morgan fingerprint density at radius 3 is 2.41 bits per heavy atom. The first kappa shape index (κ1) is 21.3. The van der Waals surface area contributed by atoms with Crippen molar-refractivity contribution < 1.29 is 14.3 Å². The second-order valence-electron chi connectivity index (χ2n) is 7.16. The van der Waals surface area contributed by atoms with E-state index in [-0.39, 0.29) is 18.4 Å². The number of nitrogens with zero attached hydrogens (tertiary/aromatic N) is 2. The van der Waals surface area contributed by atoms with Crippen LogP contribution in [0.4, 0.5) is 10.5 Å². The van der Waals surface area contributed by atoms with Crippen LogP contribution < -0.4 is 4.90 Å². The van der Waals surface area contributed by atoms with Gasteiger partial charge in [-0.2, -0.15) is 0 Å². The summed E-state index contributed by atoms with van der Waals surface area (Å²) in [6.07, 6.45) is 9.19. The highest BCUT2D eigenvalue weighted by Crippen LogP contribution is 2.22. The Kier molecular flexibility index (Phi) is 9.16. The molecule has 1 aliphatic rings. The van der Waals surface area contributed by atoms with E-state index >= 15 is 0 Å². The molecule has 2 amide bonds. The van der Waals surface area contributed by atoms with Crippen molar-refractivity contribution in [2.75, 3.05) is 31.1 Å². The number of carbonyl (C=O) groups excluding carboxylic acids is 2. The van der Waals surface area contributed by atoms with Crippen molar-refractivity contribution in [2.24, 2.45) is 0 Å². The van der Waals surface area contributed by atoms with Crippen LogP contribution in [0.25, 0.3) is 0 Å². The number of hydrogen-bond donors (Lipinski definition) is 0. The fourth-order valence-electron chi connectivity index (χ4n) is 3.44. The molecule has 0 radical (unpaired) electrons. The average Bonchev–Trinajstić information content (AvgIpc) is 3.04. The molecule has 5 nitrogen and oxygen atoms in total. The van der Waals surface area contributed by atoms with Gasteiger partial charge >= 0.3 is 12.0 Å². The number of benzene rings is 1. The summed E-state index contributed by atoms with van der Waals surface area (Å²) >= 11 is 0. The summed E-state index contributed by atoms with van der Waals surface area (Å²) in [5, 5.41) is 0. The van der Waals surface area contributed by atoms with Gasteiger partial charge in [0.25, 0.3) is 0 Å². The van der Waals surface area contributed by atoms with Gasteiger partial charge in [0, 0.05) is 25.3 Å². The topological polar surface area (TPSA) is 49.9 Å². The molecule has 1 aliphatic heterocycles. The fraction of sp³-hybridized carbons (Fsp3) is 0.636. The van der Waals surface area contributed by atoms with E-state index in [1.54, 1.807) is 16.7 Å². The van der Waals surface area contributed by atoms with Crippen LogP contribution in [0.2, 0.25) is 0 Å². The molecule has 150 valence electrons. The molecule has 0 saturated carbocycles. The van der Waals surface area contributed by atoms with Crippen LogP contribution in [0.3, 0.4) is 0 Å². The van der Waals surface area contributed by atoms with Crippen molar-refractivity contribution in [3.63, 3.8) is 0 Å². The minimum Gasteiger partial charge on any atom is -0.466 e. The van der Waals surface area contributed by atoms with E-state index in [0.717, 1.165) is 12.1 Å². The molecule has 0 atom stereocenters. The predicted molar refractivity (Wildman–Crippen MR) is 109 cm³/mol. The highest BCUT2D eigenvalue weighted by molar-refractivity contribution is 5.94. The Morgan fingerprint density at radius 1 is 1.00 bits per heavy atom. The molecular formula is C22H34N2O3. The Labute approximate surface area is 163 Å². The molecule has 0 aromatic heterocycles. The van der Waals surface area contributed by atoms with Crippen molar-refractivity contribution in [1.29, 1.82) is 0 Å². The Bertz CT molecular complexity index is 586. The first-order valence-electron chi connectivity index (χ1n) is 10.5. The Morgan fingerprint density at radius 2 is 1.70 bits per heavy atom. The van der Waals surface area contributed by atoms with Crippen molar-refractivity contribution in [2.45, 2.75) is 65.2 Å². The third-order valence-corrected chi connectivity index (χ3v) is 5.05. The summed E-state index contributed by atoms with van der Waals surface area (Å²) in [5.41, 5.74) is 2.27. The number of aryl methyl sites for hydroxylation is 1. The summed E-state index contributed by atoms with van der Waals surface area (Å²) < 4.78 is 4.93. The normalized spacial score (nSPS) is 14.1. The molecule has 2 rings (SSSR count). The van der Waals surface area contributed by atoms with Crippen LogP contribution in [-0.2, 0) is 16.0 Å². The molecule has 0 bridgehead atoms. The number of ether oxygens (including phenoxy) is 1. The van der Waals surface area contributed by atoms with Crippen LogP contribution in [-0.4, -0.2) is 43.1 Å². The van der Waals surface area contributed by atoms with Crippen molar-refractivity contribution in [3.8, 4) is 0 Å². The number of unbranched alkanes of at least 4 members (excludes halogenated alkanes) is 5. The lowest BCUT2D eigenvalue weighted by atomic mass is 10.0. The van der Waals surface area contributed by atoms with Gasteiger partial charge in [0.2, 0.25) is 0 Å². The van der Waals surface area contributed by atoms with Crippen LogP contribution in [0.15, 0.2) is 24.3 Å². The Hall–Kier alpha value is -2.04. The summed E-state index contributed by atoms with van der Waals surface area (Å²) in [6, 6.07) is 8.33. The zero-order valence-electron chi connectivity index (χ0n) is 16.9. The number of urea groups is 1. The first-order valence-corrected chi connectivity index (χ1v) is 10.5. The Balaban J connectivity index is 1.76. The van der Waals surface area contributed by atoms with Crippen LogP contribution >= 0.6 is 0 Å². The molecule has 1 aromatic rings. The van der Waals surface area contributed by atoms with Gasteiger partial charge in [0.05, 0.1) is 13.0 Å². The van der Waals surface area contributed by atoms with E-state index in [1.165, 1.54) is 44.1 Å². The van der Waals surface area contributed by atoms with Crippen molar-refractivity contribution in [3.05, 3.63) is 29.8 Å². The van der Waals surface area contributed by atoms with Gasteiger partial charge in [-0.05, 0) is 37.5 Å². The third kappa shape index (κ3) is 6.89. The van der Waals surface area contributed by atoms with E-state index in [4.69, 9.17) is 4.74 Å². The molecule has 1 aromatic carbocycles. The second kappa shape index (κ2) is 11.6. The van der Waals surface area contributed by atoms with Gasteiger partial charge in [-0.25, -0.2) is 4.79 Å². The van der Waals surface area contributed by atoms with Crippen molar-refractivity contribution >= 4 is 17.7 Å². The molecule has 0 aliphatic carbocycles. The zero-order chi connectivity index (χ0) is 19.5. The smallest absolute Gasteiger partial charge is 0.324 e.